The highest BCUT2D eigenvalue weighted by atomic mass is 16.5. The van der Waals surface area contributed by atoms with Crippen molar-refractivity contribution in [3.05, 3.63) is 24.6 Å². The van der Waals surface area contributed by atoms with E-state index in [0.29, 0.717) is 5.70 Å². The minimum absolute atomic E-state index is 0.337. The van der Waals surface area contributed by atoms with Crippen molar-refractivity contribution in [3.8, 4) is 0 Å². The minimum Gasteiger partial charge on any atom is -0.433 e. The van der Waals surface area contributed by atoms with Gasteiger partial charge in [0, 0.05) is 6.92 Å². The Morgan fingerprint density at radius 3 is 2.42 bits per heavy atom. The van der Waals surface area contributed by atoms with Gasteiger partial charge in [0.25, 0.3) is 0 Å². The summed E-state index contributed by atoms with van der Waals surface area (Å²) in [5.41, 5.74) is 0.454. The SMILES string of the molecule is C=CC(=O)NC(C)=COC(C)=O. The van der Waals surface area contributed by atoms with Crippen molar-refractivity contribution in [2.24, 2.45) is 0 Å². The molecule has 0 aliphatic heterocycles. The van der Waals surface area contributed by atoms with Crippen molar-refractivity contribution in [1.29, 1.82) is 0 Å². The van der Waals surface area contributed by atoms with Crippen LogP contribution in [0.2, 0.25) is 0 Å². The van der Waals surface area contributed by atoms with Gasteiger partial charge < -0.3 is 10.1 Å². The highest BCUT2D eigenvalue weighted by molar-refractivity contribution is 5.88. The first-order valence-electron chi connectivity index (χ1n) is 3.33. The van der Waals surface area contributed by atoms with Gasteiger partial charge in [-0.25, -0.2) is 0 Å². The molecule has 1 amide bonds. The van der Waals surface area contributed by atoms with Gasteiger partial charge in [0.05, 0.1) is 5.70 Å². The first kappa shape index (κ1) is 10.4. The molecule has 0 spiro atoms. The number of rotatable bonds is 3. The molecule has 0 aromatic heterocycles. The van der Waals surface area contributed by atoms with E-state index in [4.69, 9.17) is 0 Å². The van der Waals surface area contributed by atoms with E-state index in [1.807, 2.05) is 0 Å². The van der Waals surface area contributed by atoms with E-state index in [0.717, 1.165) is 6.08 Å². The second kappa shape index (κ2) is 5.12. The van der Waals surface area contributed by atoms with Crippen molar-refractivity contribution in [2.75, 3.05) is 0 Å². The highest BCUT2D eigenvalue weighted by Crippen LogP contribution is 1.88. The minimum atomic E-state index is -0.429. The van der Waals surface area contributed by atoms with E-state index in [2.05, 4.69) is 16.6 Å². The number of carbonyl (C=O) groups is 2. The van der Waals surface area contributed by atoms with Gasteiger partial charge in [-0.15, -0.1) is 0 Å². The Bertz CT molecular complexity index is 230. The molecule has 0 aliphatic rings. The van der Waals surface area contributed by atoms with Gasteiger partial charge in [0.15, 0.2) is 0 Å². The zero-order valence-corrected chi connectivity index (χ0v) is 7.09. The third kappa shape index (κ3) is 5.22. The van der Waals surface area contributed by atoms with Gasteiger partial charge in [-0.05, 0) is 13.0 Å². The monoisotopic (exact) mass is 169 g/mol. The fourth-order valence-electron chi connectivity index (χ4n) is 0.446. The molecule has 1 N–H and O–H groups in total. The first-order chi connectivity index (χ1) is 5.56. The van der Waals surface area contributed by atoms with E-state index in [-0.39, 0.29) is 5.91 Å². The maximum Gasteiger partial charge on any atom is 0.307 e. The molecule has 0 saturated heterocycles. The number of hydrogen-bond donors (Lipinski definition) is 1. The zero-order valence-electron chi connectivity index (χ0n) is 7.09. The molecule has 0 saturated carbocycles. The molecule has 4 nitrogen and oxygen atoms in total. The number of nitrogens with one attached hydrogen (secondary N) is 1. The average Bonchev–Trinajstić information content (AvgIpc) is 2.00. The molecule has 0 heterocycles. The van der Waals surface area contributed by atoms with Gasteiger partial charge in [0.2, 0.25) is 5.91 Å². The molecular formula is C8H11NO3. The largest absolute Gasteiger partial charge is 0.433 e. The summed E-state index contributed by atoms with van der Waals surface area (Å²) in [4.78, 5) is 21.0. The van der Waals surface area contributed by atoms with Crippen LogP contribution in [0.15, 0.2) is 24.6 Å². The standard InChI is InChI=1S/C8H11NO3/c1-4-8(11)9-6(2)5-12-7(3)10/h4-5H,1H2,2-3H3,(H,9,11). The van der Waals surface area contributed by atoms with Crippen LogP contribution < -0.4 is 5.32 Å². The van der Waals surface area contributed by atoms with Crippen LogP contribution >= 0.6 is 0 Å². The lowest BCUT2D eigenvalue weighted by Crippen LogP contribution is -2.18. The Morgan fingerprint density at radius 1 is 1.42 bits per heavy atom. The number of ether oxygens (including phenoxy) is 1. The number of amides is 1. The van der Waals surface area contributed by atoms with Crippen LogP contribution in [0.25, 0.3) is 0 Å². The van der Waals surface area contributed by atoms with E-state index >= 15 is 0 Å². The van der Waals surface area contributed by atoms with Gasteiger partial charge >= 0.3 is 5.97 Å². The fraction of sp³-hybridized carbons (Fsp3) is 0.250. The van der Waals surface area contributed by atoms with Gasteiger partial charge in [-0.1, -0.05) is 6.58 Å². The molecule has 4 heteroatoms. The Hall–Kier alpha value is -1.58. The Morgan fingerprint density at radius 2 is 2.00 bits per heavy atom. The zero-order chi connectivity index (χ0) is 9.56. The molecule has 0 aromatic carbocycles. The van der Waals surface area contributed by atoms with Crippen LogP contribution in [0.5, 0.6) is 0 Å². The fourth-order valence-corrected chi connectivity index (χ4v) is 0.446. The maximum atomic E-state index is 10.7. The summed E-state index contributed by atoms with van der Waals surface area (Å²) < 4.78 is 4.50. The molecule has 0 fully saturated rings. The number of hydrogen-bond acceptors (Lipinski definition) is 3. The van der Waals surface area contributed by atoms with Crippen LogP contribution in [0.3, 0.4) is 0 Å². The van der Waals surface area contributed by atoms with Gasteiger partial charge in [-0.3, -0.25) is 9.59 Å². The van der Waals surface area contributed by atoms with Gasteiger partial charge in [-0.2, -0.15) is 0 Å². The number of allylic oxidation sites excluding steroid dienone is 1. The quantitative estimate of drug-likeness (QED) is 0.384. The maximum absolute atomic E-state index is 10.7. The molecular weight excluding hydrogens is 158 g/mol. The van der Waals surface area contributed by atoms with Crippen LogP contribution in [0, 0.1) is 0 Å². The topological polar surface area (TPSA) is 55.4 Å². The summed E-state index contributed by atoms with van der Waals surface area (Å²) in [6.45, 7) is 6.14. The molecule has 12 heavy (non-hydrogen) atoms. The molecule has 0 atom stereocenters. The second-order valence-corrected chi connectivity index (χ2v) is 2.10. The summed E-state index contributed by atoms with van der Waals surface area (Å²) in [6, 6.07) is 0. The third-order valence-electron chi connectivity index (χ3n) is 0.907. The summed E-state index contributed by atoms with van der Waals surface area (Å²) in [5.74, 6) is -0.766. The van der Waals surface area contributed by atoms with Crippen LogP contribution in [0.1, 0.15) is 13.8 Å². The summed E-state index contributed by atoms with van der Waals surface area (Å²) in [7, 11) is 0. The normalized spacial score (nSPS) is 10.3. The summed E-state index contributed by atoms with van der Waals surface area (Å²) in [5, 5.41) is 2.41. The average molecular weight is 169 g/mol. The number of esters is 1. The van der Waals surface area contributed by atoms with Crippen molar-refractivity contribution in [1.82, 2.24) is 5.32 Å². The highest BCUT2D eigenvalue weighted by Gasteiger charge is 1.95. The predicted octanol–water partition coefficient (Wildman–Crippen LogP) is 0.713. The van der Waals surface area contributed by atoms with E-state index in [1.54, 1.807) is 6.92 Å². The lowest BCUT2D eigenvalue weighted by molar-refractivity contribution is -0.135. The van der Waals surface area contributed by atoms with Crippen LogP contribution in [0.4, 0.5) is 0 Å². The molecule has 0 bridgehead atoms. The molecule has 0 unspecified atom stereocenters. The van der Waals surface area contributed by atoms with E-state index < -0.39 is 5.97 Å². The van der Waals surface area contributed by atoms with Crippen molar-refractivity contribution in [2.45, 2.75) is 13.8 Å². The first-order valence-corrected chi connectivity index (χ1v) is 3.33. The van der Waals surface area contributed by atoms with E-state index in [9.17, 15) is 9.59 Å². The Balaban J connectivity index is 3.93. The number of carbonyl (C=O) groups excluding carboxylic acids is 2. The van der Waals surface area contributed by atoms with Crippen molar-refractivity contribution >= 4 is 11.9 Å². The second-order valence-electron chi connectivity index (χ2n) is 2.10. The lowest BCUT2D eigenvalue weighted by atomic mass is 10.5. The smallest absolute Gasteiger partial charge is 0.307 e. The Labute approximate surface area is 70.9 Å². The van der Waals surface area contributed by atoms with Gasteiger partial charge in [0.1, 0.15) is 6.26 Å². The molecule has 0 radical (unpaired) electrons. The van der Waals surface area contributed by atoms with Crippen molar-refractivity contribution in [3.63, 3.8) is 0 Å². The van der Waals surface area contributed by atoms with Crippen LogP contribution in [-0.2, 0) is 14.3 Å². The molecule has 0 rings (SSSR count). The Kier molecular flexibility index (Phi) is 4.45. The van der Waals surface area contributed by atoms with E-state index in [1.165, 1.54) is 13.2 Å². The predicted molar refractivity (Wildman–Crippen MR) is 43.9 cm³/mol. The lowest BCUT2D eigenvalue weighted by Gasteiger charge is -2.00. The molecule has 0 aliphatic carbocycles. The summed E-state index contributed by atoms with van der Waals surface area (Å²) in [6.07, 6.45) is 2.30. The summed E-state index contributed by atoms with van der Waals surface area (Å²) >= 11 is 0. The molecule has 0 aromatic rings. The third-order valence-corrected chi connectivity index (χ3v) is 0.907. The van der Waals surface area contributed by atoms with Crippen LogP contribution in [-0.4, -0.2) is 11.9 Å². The van der Waals surface area contributed by atoms with Crippen molar-refractivity contribution < 1.29 is 14.3 Å². The molecule has 66 valence electrons.